The molecule has 2 atom stereocenters. The Hall–Kier alpha value is -0.340. The Balaban J connectivity index is 2.09. The molecule has 0 radical (unpaired) electrons. The van der Waals surface area contributed by atoms with E-state index in [9.17, 15) is 5.11 Å². The highest BCUT2D eigenvalue weighted by Crippen LogP contribution is 2.40. The highest BCUT2D eigenvalue weighted by Gasteiger charge is 2.32. The summed E-state index contributed by atoms with van der Waals surface area (Å²) in [6.45, 7) is 2.26. The molecule has 1 N–H and O–H groups in total. The highest BCUT2D eigenvalue weighted by atomic mass is 32.1. The van der Waals surface area contributed by atoms with Crippen LogP contribution in [0, 0.1) is 5.92 Å². The van der Waals surface area contributed by atoms with Crippen LogP contribution in [0.1, 0.15) is 50.3 Å². The van der Waals surface area contributed by atoms with Gasteiger partial charge in [-0.25, -0.2) is 0 Å². The number of aliphatic hydroxyl groups is 1. The smallest absolute Gasteiger partial charge is 0.0987 e. The summed E-state index contributed by atoms with van der Waals surface area (Å²) in [5.74, 6) is 0.832. The SMILES string of the molecule is CCC1CCCC(O)(c2cccs2)CC1. The van der Waals surface area contributed by atoms with E-state index in [1.807, 2.05) is 6.07 Å². The van der Waals surface area contributed by atoms with Crippen molar-refractivity contribution in [3.8, 4) is 0 Å². The molecule has 0 spiro atoms. The number of hydrogen-bond donors (Lipinski definition) is 1. The van der Waals surface area contributed by atoms with E-state index in [0.29, 0.717) is 0 Å². The maximum Gasteiger partial charge on any atom is 0.0987 e. The molecule has 0 bridgehead atoms. The van der Waals surface area contributed by atoms with Gasteiger partial charge in [0.25, 0.3) is 0 Å². The van der Waals surface area contributed by atoms with Gasteiger partial charge in [-0.3, -0.25) is 0 Å². The zero-order valence-corrected chi connectivity index (χ0v) is 10.2. The first-order valence-electron chi connectivity index (χ1n) is 6.01. The first-order chi connectivity index (χ1) is 7.24. The first-order valence-corrected chi connectivity index (χ1v) is 6.89. The largest absolute Gasteiger partial charge is 0.384 e. The predicted molar refractivity (Wildman–Crippen MR) is 65.1 cm³/mol. The van der Waals surface area contributed by atoms with Crippen molar-refractivity contribution in [2.24, 2.45) is 5.92 Å². The Morgan fingerprint density at radius 2 is 2.33 bits per heavy atom. The number of thiophene rings is 1. The fourth-order valence-corrected chi connectivity index (χ4v) is 3.48. The van der Waals surface area contributed by atoms with Crippen LogP contribution in [0.5, 0.6) is 0 Å². The summed E-state index contributed by atoms with van der Waals surface area (Å²) in [4.78, 5) is 1.17. The van der Waals surface area contributed by atoms with Gasteiger partial charge in [0.1, 0.15) is 0 Å². The monoisotopic (exact) mass is 224 g/mol. The van der Waals surface area contributed by atoms with Crippen LogP contribution in [0.2, 0.25) is 0 Å². The van der Waals surface area contributed by atoms with E-state index in [1.54, 1.807) is 11.3 Å². The Morgan fingerprint density at radius 3 is 3.00 bits per heavy atom. The maximum atomic E-state index is 10.6. The van der Waals surface area contributed by atoms with Gasteiger partial charge >= 0.3 is 0 Å². The van der Waals surface area contributed by atoms with Crippen molar-refractivity contribution in [2.75, 3.05) is 0 Å². The highest BCUT2D eigenvalue weighted by molar-refractivity contribution is 7.10. The molecular formula is C13H20OS. The van der Waals surface area contributed by atoms with Crippen LogP contribution in [0.25, 0.3) is 0 Å². The second kappa shape index (κ2) is 4.67. The standard InChI is InChI=1S/C13H20OS/c1-2-11-5-3-8-13(14,9-7-11)12-6-4-10-15-12/h4,6,10-11,14H,2-3,5,7-9H2,1H3. The van der Waals surface area contributed by atoms with Gasteiger partial charge in [-0.2, -0.15) is 0 Å². The van der Waals surface area contributed by atoms with E-state index in [0.717, 1.165) is 18.8 Å². The minimum atomic E-state index is -0.516. The predicted octanol–water partition coefficient (Wildman–Crippen LogP) is 3.93. The van der Waals surface area contributed by atoms with Crippen molar-refractivity contribution >= 4 is 11.3 Å². The third kappa shape index (κ3) is 2.43. The molecule has 84 valence electrons. The first kappa shape index (κ1) is 11.2. The third-order valence-corrected chi connectivity index (χ3v) is 4.79. The van der Waals surface area contributed by atoms with Crippen LogP contribution in [-0.2, 0) is 5.60 Å². The minimum Gasteiger partial charge on any atom is -0.384 e. The van der Waals surface area contributed by atoms with Crippen LogP contribution in [0.3, 0.4) is 0 Å². The summed E-state index contributed by atoms with van der Waals surface area (Å²) < 4.78 is 0. The van der Waals surface area contributed by atoms with E-state index in [2.05, 4.69) is 18.4 Å². The van der Waals surface area contributed by atoms with Crippen LogP contribution < -0.4 is 0 Å². The molecular weight excluding hydrogens is 204 g/mol. The van der Waals surface area contributed by atoms with E-state index < -0.39 is 5.60 Å². The molecule has 0 amide bonds. The van der Waals surface area contributed by atoms with Crippen molar-refractivity contribution in [3.63, 3.8) is 0 Å². The lowest BCUT2D eigenvalue weighted by molar-refractivity contribution is 0.0233. The third-order valence-electron chi connectivity index (χ3n) is 3.73. The zero-order valence-electron chi connectivity index (χ0n) is 9.41. The van der Waals surface area contributed by atoms with Gasteiger partial charge in [0.05, 0.1) is 5.60 Å². The Bertz CT molecular complexity index is 293. The van der Waals surface area contributed by atoms with Gasteiger partial charge in [0.15, 0.2) is 0 Å². The summed E-state index contributed by atoms with van der Waals surface area (Å²) in [7, 11) is 0. The summed E-state index contributed by atoms with van der Waals surface area (Å²) in [5.41, 5.74) is -0.516. The molecule has 2 rings (SSSR count). The van der Waals surface area contributed by atoms with E-state index in [1.165, 1.54) is 30.6 Å². The van der Waals surface area contributed by atoms with Gasteiger partial charge in [0, 0.05) is 4.88 Å². The lowest BCUT2D eigenvalue weighted by Crippen LogP contribution is -2.23. The molecule has 2 heteroatoms. The van der Waals surface area contributed by atoms with Crippen LogP contribution in [0.15, 0.2) is 17.5 Å². The molecule has 15 heavy (non-hydrogen) atoms. The van der Waals surface area contributed by atoms with Gasteiger partial charge in [-0.05, 0) is 43.0 Å². The second-order valence-corrected chi connectivity index (χ2v) is 5.66. The molecule has 1 aliphatic rings. The second-order valence-electron chi connectivity index (χ2n) is 4.71. The van der Waals surface area contributed by atoms with Gasteiger partial charge in [0.2, 0.25) is 0 Å². The number of hydrogen-bond acceptors (Lipinski definition) is 2. The molecule has 1 nitrogen and oxygen atoms in total. The van der Waals surface area contributed by atoms with Gasteiger partial charge in [-0.1, -0.05) is 25.8 Å². The Labute approximate surface area is 96.1 Å². The summed E-state index contributed by atoms with van der Waals surface area (Å²) >= 11 is 1.70. The lowest BCUT2D eigenvalue weighted by atomic mass is 9.91. The molecule has 2 unspecified atom stereocenters. The average Bonchev–Trinajstić information content (AvgIpc) is 2.71. The Morgan fingerprint density at radius 1 is 1.47 bits per heavy atom. The molecule has 0 aromatic carbocycles. The maximum absolute atomic E-state index is 10.6. The Kier molecular flexibility index (Phi) is 3.47. The zero-order chi connectivity index (χ0) is 10.7. The van der Waals surface area contributed by atoms with Crippen molar-refractivity contribution < 1.29 is 5.11 Å². The van der Waals surface area contributed by atoms with Crippen molar-refractivity contribution in [3.05, 3.63) is 22.4 Å². The van der Waals surface area contributed by atoms with Gasteiger partial charge < -0.3 is 5.11 Å². The van der Waals surface area contributed by atoms with Crippen LogP contribution in [0.4, 0.5) is 0 Å². The van der Waals surface area contributed by atoms with E-state index in [-0.39, 0.29) is 0 Å². The average molecular weight is 224 g/mol. The molecule has 1 heterocycles. The van der Waals surface area contributed by atoms with Crippen molar-refractivity contribution in [2.45, 2.75) is 51.0 Å². The van der Waals surface area contributed by atoms with Crippen molar-refractivity contribution in [1.29, 1.82) is 0 Å². The molecule has 1 aromatic rings. The molecule has 0 aliphatic heterocycles. The summed E-state index contributed by atoms with van der Waals surface area (Å²) in [5, 5.41) is 12.7. The molecule has 1 aliphatic carbocycles. The minimum absolute atomic E-state index is 0.516. The fraction of sp³-hybridized carbons (Fsp3) is 0.692. The summed E-state index contributed by atoms with van der Waals surface area (Å²) in [6.07, 6.45) is 6.82. The van der Waals surface area contributed by atoms with E-state index in [4.69, 9.17) is 0 Å². The van der Waals surface area contributed by atoms with E-state index >= 15 is 0 Å². The van der Waals surface area contributed by atoms with Crippen LogP contribution >= 0.6 is 11.3 Å². The fourth-order valence-electron chi connectivity index (χ4n) is 2.59. The molecule has 1 aromatic heterocycles. The van der Waals surface area contributed by atoms with Crippen molar-refractivity contribution in [1.82, 2.24) is 0 Å². The van der Waals surface area contributed by atoms with Crippen LogP contribution in [-0.4, -0.2) is 5.11 Å². The van der Waals surface area contributed by atoms with Gasteiger partial charge in [-0.15, -0.1) is 11.3 Å². The normalized spacial score (nSPS) is 32.5. The number of rotatable bonds is 2. The topological polar surface area (TPSA) is 20.2 Å². The lowest BCUT2D eigenvalue weighted by Gasteiger charge is -2.25. The molecule has 1 saturated carbocycles. The quantitative estimate of drug-likeness (QED) is 0.755. The molecule has 1 fully saturated rings. The summed E-state index contributed by atoms with van der Waals surface area (Å²) in [6, 6.07) is 4.12. The molecule has 0 saturated heterocycles.